The summed E-state index contributed by atoms with van der Waals surface area (Å²) in [7, 11) is 0. The van der Waals surface area contributed by atoms with Gasteiger partial charge in [-0.3, -0.25) is 4.98 Å². The molecule has 0 radical (unpaired) electrons. The molecule has 1 heterocycles. The maximum absolute atomic E-state index is 5.94. The van der Waals surface area contributed by atoms with Crippen LogP contribution in [0.1, 0.15) is 31.7 Å². The lowest BCUT2D eigenvalue weighted by atomic mass is 10.0. The van der Waals surface area contributed by atoms with Gasteiger partial charge >= 0.3 is 0 Å². The van der Waals surface area contributed by atoms with Crippen molar-refractivity contribution in [2.24, 2.45) is 0 Å². The summed E-state index contributed by atoms with van der Waals surface area (Å²) in [5, 5.41) is 3.36. The van der Waals surface area contributed by atoms with E-state index in [9.17, 15) is 0 Å². The number of aryl methyl sites for hydroxylation is 2. The highest BCUT2D eigenvalue weighted by molar-refractivity contribution is 6.18. The zero-order valence-corrected chi connectivity index (χ0v) is 10.5. The van der Waals surface area contributed by atoms with E-state index in [1.54, 1.807) is 6.20 Å². The third-order valence-corrected chi connectivity index (χ3v) is 3.16. The molecule has 0 saturated carbocycles. The number of aromatic nitrogens is 2. The summed E-state index contributed by atoms with van der Waals surface area (Å²) in [4.78, 5) is 8.68. The number of hydrogen-bond donors (Lipinski definition) is 1. The highest BCUT2D eigenvalue weighted by atomic mass is 35.5. The van der Waals surface area contributed by atoms with Crippen molar-refractivity contribution in [1.29, 1.82) is 0 Å². The Kier molecular flexibility index (Phi) is 3.91. The second-order valence-corrected chi connectivity index (χ2v) is 4.39. The van der Waals surface area contributed by atoms with Crippen molar-refractivity contribution < 1.29 is 0 Å². The molecule has 0 aliphatic carbocycles. The molecule has 3 nitrogen and oxygen atoms in total. The first-order chi connectivity index (χ1) is 7.00. The van der Waals surface area contributed by atoms with Gasteiger partial charge < -0.3 is 5.32 Å². The minimum atomic E-state index is -0.116. The summed E-state index contributed by atoms with van der Waals surface area (Å²) >= 11 is 5.94. The van der Waals surface area contributed by atoms with Crippen LogP contribution in [0.5, 0.6) is 0 Å². The minimum Gasteiger partial charge on any atom is -0.362 e. The number of nitrogens with zero attached hydrogens (tertiary/aromatic N) is 2. The first-order valence-corrected chi connectivity index (χ1v) is 5.68. The first kappa shape index (κ1) is 12.2. The van der Waals surface area contributed by atoms with Crippen LogP contribution >= 0.6 is 11.6 Å². The molecule has 84 valence electrons. The molecule has 0 aromatic carbocycles. The van der Waals surface area contributed by atoms with Gasteiger partial charge in [0.2, 0.25) is 0 Å². The van der Waals surface area contributed by atoms with Gasteiger partial charge in [-0.15, -0.1) is 11.6 Å². The number of halogens is 1. The summed E-state index contributed by atoms with van der Waals surface area (Å²) in [6.45, 7) is 8.07. The number of rotatable bonds is 4. The Labute approximate surface area is 96.3 Å². The van der Waals surface area contributed by atoms with Crippen LogP contribution in [-0.2, 0) is 0 Å². The van der Waals surface area contributed by atoms with Gasteiger partial charge in [0.15, 0.2) is 0 Å². The largest absolute Gasteiger partial charge is 0.362 e. The molecular formula is C11H18ClN3. The molecule has 0 spiro atoms. The fourth-order valence-electron chi connectivity index (χ4n) is 1.16. The van der Waals surface area contributed by atoms with Gasteiger partial charge in [0.25, 0.3) is 0 Å². The highest BCUT2D eigenvalue weighted by Gasteiger charge is 2.21. The Hall–Kier alpha value is -0.830. The topological polar surface area (TPSA) is 37.8 Å². The lowest BCUT2D eigenvalue weighted by molar-refractivity contribution is 0.550. The van der Waals surface area contributed by atoms with Crippen molar-refractivity contribution in [3.63, 3.8) is 0 Å². The van der Waals surface area contributed by atoms with E-state index in [0.29, 0.717) is 5.88 Å². The van der Waals surface area contributed by atoms with Gasteiger partial charge in [0, 0.05) is 17.6 Å². The van der Waals surface area contributed by atoms with E-state index in [1.165, 1.54) is 0 Å². The predicted molar refractivity (Wildman–Crippen MR) is 64.5 cm³/mol. The summed E-state index contributed by atoms with van der Waals surface area (Å²) in [6, 6.07) is 0. The molecule has 1 rings (SSSR count). The van der Waals surface area contributed by atoms with Crippen molar-refractivity contribution in [3.8, 4) is 0 Å². The quantitative estimate of drug-likeness (QED) is 0.804. The SMILES string of the molecule is CCC(C)(CCl)Nc1nc(C)cnc1C. The van der Waals surface area contributed by atoms with E-state index >= 15 is 0 Å². The molecule has 1 atom stereocenters. The standard InChI is InChI=1S/C11H18ClN3/c1-5-11(4,7-12)15-10-9(3)13-6-8(2)14-10/h6H,5,7H2,1-4H3,(H,14,15). The normalized spacial score (nSPS) is 14.7. The van der Waals surface area contributed by atoms with Crippen molar-refractivity contribution in [3.05, 3.63) is 17.6 Å². The maximum Gasteiger partial charge on any atom is 0.148 e. The zero-order valence-electron chi connectivity index (χ0n) is 9.76. The third kappa shape index (κ3) is 3.06. The average molecular weight is 228 g/mol. The number of nitrogens with one attached hydrogen (secondary N) is 1. The van der Waals surface area contributed by atoms with Crippen LogP contribution < -0.4 is 5.32 Å². The van der Waals surface area contributed by atoms with Gasteiger partial charge in [-0.1, -0.05) is 6.92 Å². The monoisotopic (exact) mass is 227 g/mol. The molecule has 4 heteroatoms. The summed E-state index contributed by atoms with van der Waals surface area (Å²) in [6.07, 6.45) is 2.72. The number of anilines is 1. The molecular weight excluding hydrogens is 210 g/mol. The first-order valence-electron chi connectivity index (χ1n) is 5.15. The van der Waals surface area contributed by atoms with E-state index in [-0.39, 0.29) is 5.54 Å². The van der Waals surface area contributed by atoms with Crippen LogP contribution in [0.3, 0.4) is 0 Å². The fraction of sp³-hybridized carbons (Fsp3) is 0.636. The highest BCUT2D eigenvalue weighted by Crippen LogP contribution is 2.20. The second-order valence-electron chi connectivity index (χ2n) is 4.12. The van der Waals surface area contributed by atoms with Gasteiger partial charge in [-0.2, -0.15) is 0 Å². The molecule has 15 heavy (non-hydrogen) atoms. The Bertz CT molecular complexity index is 335. The van der Waals surface area contributed by atoms with Crippen LogP contribution in [0.25, 0.3) is 0 Å². The van der Waals surface area contributed by atoms with Crippen LogP contribution in [0, 0.1) is 13.8 Å². The van der Waals surface area contributed by atoms with E-state index < -0.39 is 0 Å². The molecule has 0 aliphatic rings. The Morgan fingerprint density at radius 2 is 2.13 bits per heavy atom. The van der Waals surface area contributed by atoms with Crippen molar-refractivity contribution in [2.75, 3.05) is 11.2 Å². The molecule has 1 aromatic heterocycles. The van der Waals surface area contributed by atoms with Gasteiger partial charge in [0.05, 0.1) is 11.4 Å². The fourth-order valence-corrected chi connectivity index (χ4v) is 1.41. The van der Waals surface area contributed by atoms with Crippen LogP contribution in [0.4, 0.5) is 5.82 Å². The lowest BCUT2D eigenvalue weighted by Gasteiger charge is -2.28. The van der Waals surface area contributed by atoms with Crippen molar-refractivity contribution in [2.45, 2.75) is 39.7 Å². The maximum atomic E-state index is 5.94. The summed E-state index contributed by atoms with van der Waals surface area (Å²) in [5.41, 5.74) is 1.70. The molecule has 1 aromatic rings. The van der Waals surface area contributed by atoms with E-state index in [4.69, 9.17) is 11.6 Å². The molecule has 0 saturated heterocycles. The van der Waals surface area contributed by atoms with Crippen LogP contribution in [0.15, 0.2) is 6.20 Å². The number of alkyl halides is 1. The summed E-state index contributed by atoms with van der Waals surface area (Å²) in [5.74, 6) is 1.39. The molecule has 0 bridgehead atoms. The Morgan fingerprint density at radius 1 is 1.47 bits per heavy atom. The lowest BCUT2D eigenvalue weighted by Crippen LogP contribution is -2.36. The van der Waals surface area contributed by atoms with E-state index in [1.807, 2.05) is 13.8 Å². The zero-order chi connectivity index (χ0) is 11.5. The van der Waals surface area contributed by atoms with Crippen molar-refractivity contribution in [1.82, 2.24) is 9.97 Å². The smallest absolute Gasteiger partial charge is 0.148 e. The van der Waals surface area contributed by atoms with E-state index in [2.05, 4.69) is 29.1 Å². The molecule has 0 amide bonds. The van der Waals surface area contributed by atoms with Crippen molar-refractivity contribution >= 4 is 17.4 Å². The Morgan fingerprint density at radius 3 is 2.67 bits per heavy atom. The van der Waals surface area contributed by atoms with Gasteiger partial charge in [0.1, 0.15) is 5.82 Å². The third-order valence-electron chi connectivity index (χ3n) is 2.57. The van der Waals surface area contributed by atoms with Crippen LogP contribution in [0.2, 0.25) is 0 Å². The summed E-state index contributed by atoms with van der Waals surface area (Å²) < 4.78 is 0. The Balaban J connectivity index is 2.92. The second kappa shape index (κ2) is 4.79. The van der Waals surface area contributed by atoms with Gasteiger partial charge in [-0.25, -0.2) is 4.98 Å². The average Bonchev–Trinajstić information content (AvgIpc) is 2.23. The minimum absolute atomic E-state index is 0.116. The molecule has 0 aliphatic heterocycles. The number of hydrogen-bond acceptors (Lipinski definition) is 3. The van der Waals surface area contributed by atoms with Crippen LogP contribution in [-0.4, -0.2) is 21.4 Å². The van der Waals surface area contributed by atoms with E-state index in [0.717, 1.165) is 23.6 Å². The molecule has 1 N–H and O–H groups in total. The predicted octanol–water partition coefficient (Wildman–Crippen LogP) is 2.91. The van der Waals surface area contributed by atoms with Gasteiger partial charge in [-0.05, 0) is 27.2 Å². The molecule has 1 unspecified atom stereocenters. The molecule has 0 fully saturated rings.